The monoisotopic (exact) mass is 352 g/mol. The molecule has 2 amide bonds. The normalized spacial score (nSPS) is 14.4. The Kier molecular flexibility index (Phi) is 6.61. The van der Waals surface area contributed by atoms with Crippen molar-refractivity contribution in [1.82, 2.24) is 9.80 Å². The van der Waals surface area contributed by atoms with Crippen molar-refractivity contribution in [3.63, 3.8) is 0 Å². The van der Waals surface area contributed by atoms with Gasteiger partial charge in [-0.15, -0.1) is 0 Å². The van der Waals surface area contributed by atoms with Crippen LogP contribution in [0.15, 0.2) is 24.3 Å². The number of carbonyl (C=O) groups is 3. The van der Waals surface area contributed by atoms with Gasteiger partial charge in [-0.05, 0) is 19.1 Å². The first kappa shape index (κ1) is 18.3. The number of ether oxygens (including phenoxy) is 1. The smallest absolute Gasteiger partial charge is 0.409 e. The maximum atomic E-state index is 12.2. The van der Waals surface area contributed by atoms with Crippen LogP contribution < -0.4 is 0 Å². The van der Waals surface area contributed by atoms with Gasteiger partial charge in [0, 0.05) is 49.6 Å². The highest BCUT2D eigenvalue weighted by atomic mass is 35.5. The average molecular weight is 353 g/mol. The van der Waals surface area contributed by atoms with Gasteiger partial charge < -0.3 is 14.5 Å². The van der Waals surface area contributed by atoms with Crippen LogP contribution in [0, 0.1) is 0 Å². The molecule has 1 aliphatic heterocycles. The van der Waals surface area contributed by atoms with E-state index in [1.165, 1.54) is 0 Å². The summed E-state index contributed by atoms with van der Waals surface area (Å²) in [4.78, 5) is 39.2. The SMILES string of the molecule is CCOC(=O)N1CCN(C(=O)CCC(=O)c2cccc(Cl)c2)CC1. The largest absolute Gasteiger partial charge is 0.450 e. The van der Waals surface area contributed by atoms with E-state index in [0.29, 0.717) is 43.4 Å². The molecule has 0 N–H and O–H groups in total. The Morgan fingerprint density at radius 1 is 1.08 bits per heavy atom. The standard InChI is InChI=1S/C17H21ClN2O4/c1-2-24-17(23)20-10-8-19(9-11-20)16(22)7-6-15(21)13-4-3-5-14(18)12-13/h3-5,12H,2,6-11H2,1H3. The summed E-state index contributed by atoms with van der Waals surface area (Å²) in [5.74, 6) is -0.176. The predicted octanol–water partition coefficient (Wildman–Crippen LogP) is 2.60. The molecule has 0 aliphatic carbocycles. The fourth-order valence-electron chi connectivity index (χ4n) is 2.54. The predicted molar refractivity (Wildman–Crippen MR) is 90.2 cm³/mol. The maximum absolute atomic E-state index is 12.2. The third-order valence-corrected chi connectivity index (χ3v) is 4.11. The van der Waals surface area contributed by atoms with Crippen molar-refractivity contribution in [2.75, 3.05) is 32.8 Å². The Labute approximate surface area is 146 Å². The molecule has 130 valence electrons. The van der Waals surface area contributed by atoms with Gasteiger partial charge in [0.25, 0.3) is 0 Å². The number of benzene rings is 1. The first-order chi connectivity index (χ1) is 11.5. The summed E-state index contributed by atoms with van der Waals surface area (Å²) in [5, 5.41) is 0.502. The quantitative estimate of drug-likeness (QED) is 0.764. The molecule has 7 heteroatoms. The lowest BCUT2D eigenvalue weighted by Gasteiger charge is -2.34. The van der Waals surface area contributed by atoms with E-state index in [1.54, 1.807) is 41.0 Å². The molecule has 6 nitrogen and oxygen atoms in total. The van der Waals surface area contributed by atoms with Crippen molar-refractivity contribution >= 4 is 29.4 Å². The Balaban J connectivity index is 1.77. The van der Waals surface area contributed by atoms with Crippen molar-refractivity contribution in [3.8, 4) is 0 Å². The highest BCUT2D eigenvalue weighted by Crippen LogP contribution is 2.14. The van der Waals surface area contributed by atoms with Gasteiger partial charge in [-0.3, -0.25) is 9.59 Å². The summed E-state index contributed by atoms with van der Waals surface area (Å²) < 4.78 is 4.94. The molecule has 1 saturated heterocycles. The van der Waals surface area contributed by atoms with Gasteiger partial charge in [0.05, 0.1) is 6.61 Å². The van der Waals surface area contributed by atoms with Crippen molar-refractivity contribution in [2.24, 2.45) is 0 Å². The Morgan fingerprint density at radius 2 is 1.75 bits per heavy atom. The zero-order valence-electron chi connectivity index (χ0n) is 13.7. The lowest BCUT2D eigenvalue weighted by Crippen LogP contribution is -2.50. The van der Waals surface area contributed by atoms with E-state index in [1.807, 2.05) is 0 Å². The van der Waals surface area contributed by atoms with Crippen molar-refractivity contribution in [1.29, 1.82) is 0 Å². The zero-order valence-corrected chi connectivity index (χ0v) is 14.4. The van der Waals surface area contributed by atoms with Gasteiger partial charge >= 0.3 is 6.09 Å². The molecule has 0 unspecified atom stereocenters. The van der Waals surface area contributed by atoms with Crippen molar-refractivity contribution in [3.05, 3.63) is 34.9 Å². The first-order valence-corrected chi connectivity index (χ1v) is 8.37. The number of nitrogens with zero attached hydrogens (tertiary/aromatic N) is 2. The van der Waals surface area contributed by atoms with Crippen LogP contribution in [0.4, 0.5) is 4.79 Å². The minimum Gasteiger partial charge on any atom is -0.450 e. The van der Waals surface area contributed by atoms with E-state index in [9.17, 15) is 14.4 Å². The molecule has 0 saturated carbocycles. The second-order valence-corrected chi connectivity index (χ2v) is 5.94. The van der Waals surface area contributed by atoms with Gasteiger partial charge in [0.1, 0.15) is 0 Å². The van der Waals surface area contributed by atoms with E-state index < -0.39 is 0 Å². The third kappa shape index (κ3) is 4.96. The number of Topliss-reactive ketones (excluding diaryl/α,β-unsaturated/α-hetero) is 1. The average Bonchev–Trinajstić information content (AvgIpc) is 2.59. The molecule has 1 aromatic carbocycles. The maximum Gasteiger partial charge on any atom is 0.409 e. The lowest BCUT2D eigenvalue weighted by molar-refractivity contribution is -0.132. The van der Waals surface area contributed by atoms with E-state index in [2.05, 4.69) is 0 Å². The van der Waals surface area contributed by atoms with Crippen LogP contribution in [0.1, 0.15) is 30.1 Å². The number of amides is 2. The van der Waals surface area contributed by atoms with Gasteiger partial charge in [0.2, 0.25) is 5.91 Å². The molecule has 2 rings (SSSR count). The van der Waals surface area contributed by atoms with Gasteiger partial charge in [-0.1, -0.05) is 23.7 Å². The Bertz CT molecular complexity index is 612. The molecule has 1 heterocycles. The van der Waals surface area contributed by atoms with Crippen LogP contribution in [0.2, 0.25) is 5.02 Å². The zero-order chi connectivity index (χ0) is 17.5. The number of halogens is 1. The molecule has 0 atom stereocenters. The highest BCUT2D eigenvalue weighted by Gasteiger charge is 2.25. The van der Waals surface area contributed by atoms with Crippen LogP contribution in [0.3, 0.4) is 0 Å². The number of hydrogen-bond donors (Lipinski definition) is 0. The minimum absolute atomic E-state index is 0.0751. The van der Waals surface area contributed by atoms with Crippen molar-refractivity contribution < 1.29 is 19.1 Å². The number of carbonyl (C=O) groups excluding carboxylic acids is 3. The van der Waals surface area contributed by atoms with Crippen LogP contribution in [-0.2, 0) is 9.53 Å². The molecular formula is C17H21ClN2O4. The lowest BCUT2D eigenvalue weighted by atomic mass is 10.1. The number of rotatable bonds is 5. The third-order valence-electron chi connectivity index (χ3n) is 3.87. The van der Waals surface area contributed by atoms with Gasteiger partial charge in [0.15, 0.2) is 5.78 Å². The number of hydrogen-bond acceptors (Lipinski definition) is 4. The van der Waals surface area contributed by atoms with Crippen LogP contribution in [-0.4, -0.2) is 60.4 Å². The molecular weight excluding hydrogens is 332 g/mol. The summed E-state index contributed by atoms with van der Waals surface area (Å²) in [6, 6.07) is 6.71. The van der Waals surface area contributed by atoms with E-state index >= 15 is 0 Å². The topological polar surface area (TPSA) is 66.9 Å². The summed E-state index contributed by atoms with van der Waals surface area (Å²) >= 11 is 5.87. The molecule has 24 heavy (non-hydrogen) atoms. The second kappa shape index (κ2) is 8.68. The van der Waals surface area contributed by atoms with E-state index in [0.717, 1.165) is 0 Å². The first-order valence-electron chi connectivity index (χ1n) is 7.99. The van der Waals surface area contributed by atoms with E-state index in [-0.39, 0.29) is 30.6 Å². The molecule has 0 radical (unpaired) electrons. The van der Waals surface area contributed by atoms with E-state index in [4.69, 9.17) is 16.3 Å². The van der Waals surface area contributed by atoms with Gasteiger partial charge in [-0.2, -0.15) is 0 Å². The van der Waals surface area contributed by atoms with Crippen LogP contribution in [0.5, 0.6) is 0 Å². The molecule has 1 aromatic rings. The van der Waals surface area contributed by atoms with Crippen LogP contribution >= 0.6 is 11.6 Å². The Hall–Kier alpha value is -2.08. The molecule has 0 bridgehead atoms. The van der Waals surface area contributed by atoms with Crippen LogP contribution in [0.25, 0.3) is 0 Å². The fraction of sp³-hybridized carbons (Fsp3) is 0.471. The fourth-order valence-corrected chi connectivity index (χ4v) is 2.73. The highest BCUT2D eigenvalue weighted by molar-refractivity contribution is 6.31. The number of ketones is 1. The molecule has 1 fully saturated rings. The summed E-state index contributed by atoms with van der Waals surface area (Å²) in [7, 11) is 0. The molecule has 0 spiro atoms. The Morgan fingerprint density at radius 3 is 2.38 bits per heavy atom. The second-order valence-electron chi connectivity index (χ2n) is 5.50. The number of piperazine rings is 1. The summed E-state index contributed by atoms with van der Waals surface area (Å²) in [6.45, 7) is 3.92. The summed E-state index contributed by atoms with van der Waals surface area (Å²) in [6.07, 6.45) is -0.0390. The minimum atomic E-state index is -0.347. The van der Waals surface area contributed by atoms with Gasteiger partial charge in [-0.25, -0.2) is 4.79 Å². The molecule has 1 aliphatic rings. The summed E-state index contributed by atoms with van der Waals surface area (Å²) in [5.41, 5.74) is 0.516. The molecule has 0 aromatic heterocycles. The van der Waals surface area contributed by atoms with Crippen molar-refractivity contribution in [2.45, 2.75) is 19.8 Å².